The van der Waals surface area contributed by atoms with Gasteiger partial charge < -0.3 is 19.9 Å². The van der Waals surface area contributed by atoms with Crippen molar-refractivity contribution in [3.8, 4) is 17.2 Å². The summed E-state index contributed by atoms with van der Waals surface area (Å²) in [4.78, 5) is 0. The highest BCUT2D eigenvalue weighted by Crippen LogP contribution is 2.27. The van der Waals surface area contributed by atoms with Crippen molar-refractivity contribution in [3.63, 3.8) is 0 Å². The summed E-state index contributed by atoms with van der Waals surface area (Å²) >= 11 is 0. The number of nitrogens with two attached hydrogens (primary N) is 1. The fourth-order valence-electron chi connectivity index (χ4n) is 1.78. The van der Waals surface area contributed by atoms with Crippen molar-refractivity contribution >= 4 is 5.84 Å². The normalized spacial score (nSPS) is 9.95. The van der Waals surface area contributed by atoms with Gasteiger partial charge in [0, 0.05) is 5.56 Å². The molecule has 2 rings (SSSR count). The Hall–Kier alpha value is -2.69. The van der Waals surface area contributed by atoms with E-state index in [0.717, 1.165) is 5.75 Å². The maximum Gasteiger partial charge on any atom is 0.161 e. The van der Waals surface area contributed by atoms with Crippen molar-refractivity contribution in [1.82, 2.24) is 0 Å². The minimum Gasteiger partial charge on any atom is -0.493 e. The Labute approximate surface area is 123 Å². The third-order valence-corrected chi connectivity index (χ3v) is 2.83. The van der Waals surface area contributed by atoms with Crippen molar-refractivity contribution in [2.45, 2.75) is 0 Å². The molecule has 0 bridgehead atoms. The van der Waals surface area contributed by atoms with Gasteiger partial charge in [-0.2, -0.15) is 0 Å². The molecule has 0 radical (unpaired) electrons. The van der Waals surface area contributed by atoms with Crippen LogP contribution in [0, 0.1) is 5.41 Å². The fourth-order valence-corrected chi connectivity index (χ4v) is 1.78. The molecule has 2 aromatic carbocycles. The summed E-state index contributed by atoms with van der Waals surface area (Å²) in [5.74, 6) is 1.94. The van der Waals surface area contributed by atoms with E-state index in [1.54, 1.807) is 25.3 Å². The molecule has 110 valence electrons. The second-order valence-corrected chi connectivity index (χ2v) is 4.29. The molecule has 0 aliphatic heterocycles. The summed E-state index contributed by atoms with van der Waals surface area (Å²) in [6.07, 6.45) is 0. The predicted octanol–water partition coefficient (Wildman–Crippen LogP) is 2.44. The summed E-state index contributed by atoms with van der Waals surface area (Å²) in [5.41, 5.74) is 6.04. The molecule has 0 aliphatic rings. The average Bonchev–Trinajstić information content (AvgIpc) is 2.52. The Kier molecular flexibility index (Phi) is 5.04. The van der Waals surface area contributed by atoms with E-state index in [0.29, 0.717) is 30.3 Å². The topological polar surface area (TPSA) is 77.6 Å². The molecule has 0 heterocycles. The standard InChI is InChI=1S/C16H18N2O3/c1-19-15-11-12(16(17)18)7-8-14(15)21-10-9-20-13-5-3-2-4-6-13/h2-8,11H,9-10H2,1H3,(H3,17,18). The first-order valence-electron chi connectivity index (χ1n) is 6.54. The van der Waals surface area contributed by atoms with Crippen LogP contribution >= 0.6 is 0 Å². The van der Waals surface area contributed by atoms with Gasteiger partial charge in [-0.25, -0.2) is 0 Å². The van der Waals surface area contributed by atoms with Gasteiger partial charge in [0.2, 0.25) is 0 Å². The van der Waals surface area contributed by atoms with E-state index >= 15 is 0 Å². The average molecular weight is 286 g/mol. The lowest BCUT2D eigenvalue weighted by molar-refractivity contribution is 0.211. The molecule has 3 N–H and O–H groups in total. The van der Waals surface area contributed by atoms with Crippen LogP contribution in [-0.4, -0.2) is 26.2 Å². The lowest BCUT2D eigenvalue weighted by atomic mass is 10.2. The van der Waals surface area contributed by atoms with Gasteiger partial charge in [-0.1, -0.05) is 18.2 Å². The lowest BCUT2D eigenvalue weighted by Crippen LogP contribution is -2.12. The molecule has 0 fully saturated rings. The summed E-state index contributed by atoms with van der Waals surface area (Å²) in [7, 11) is 1.55. The molecule has 5 nitrogen and oxygen atoms in total. The van der Waals surface area contributed by atoms with Crippen LogP contribution in [0.25, 0.3) is 0 Å². The van der Waals surface area contributed by atoms with Gasteiger partial charge in [-0.05, 0) is 30.3 Å². The van der Waals surface area contributed by atoms with Crippen LogP contribution in [0.2, 0.25) is 0 Å². The van der Waals surface area contributed by atoms with E-state index in [4.69, 9.17) is 25.4 Å². The molecule has 0 atom stereocenters. The highest BCUT2D eigenvalue weighted by atomic mass is 16.5. The maximum absolute atomic E-state index is 7.40. The van der Waals surface area contributed by atoms with Gasteiger partial charge in [0.05, 0.1) is 7.11 Å². The minimum atomic E-state index is -0.00717. The summed E-state index contributed by atoms with van der Waals surface area (Å²) < 4.78 is 16.4. The smallest absolute Gasteiger partial charge is 0.161 e. The van der Waals surface area contributed by atoms with Crippen LogP contribution in [0.4, 0.5) is 0 Å². The molecular weight excluding hydrogens is 268 g/mol. The molecule has 21 heavy (non-hydrogen) atoms. The SMILES string of the molecule is COc1cc(C(=N)N)ccc1OCCOc1ccccc1. The van der Waals surface area contributed by atoms with Crippen molar-refractivity contribution in [2.24, 2.45) is 5.73 Å². The van der Waals surface area contributed by atoms with E-state index in [1.807, 2.05) is 30.3 Å². The second-order valence-electron chi connectivity index (χ2n) is 4.29. The van der Waals surface area contributed by atoms with Crippen LogP contribution in [0.5, 0.6) is 17.2 Å². The van der Waals surface area contributed by atoms with E-state index < -0.39 is 0 Å². The van der Waals surface area contributed by atoms with Gasteiger partial charge in [-0.3, -0.25) is 5.41 Å². The number of ether oxygens (including phenoxy) is 3. The van der Waals surface area contributed by atoms with Crippen LogP contribution in [0.3, 0.4) is 0 Å². The molecule has 0 aromatic heterocycles. The zero-order valence-electron chi connectivity index (χ0n) is 11.8. The Balaban J connectivity index is 1.89. The van der Waals surface area contributed by atoms with Crippen molar-refractivity contribution in [1.29, 1.82) is 5.41 Å². The van der Waals surface area contributed by atoms with E-state index in [-0.39, 0.29) is 5.84 Å². The first kappa shape index (κ1) is 14.7. The lowest BCUT2D eigenvalue weighted by Gasteiger charge is -2.12. The Morgan fingerprint density at radius 2 is 1.71 bits per heavy atom. The summed E-state index contributed by atoms with van der Waals surface area (Å²) in [6.45, 7) is 0.826. The van der Waals surface area contributed by atoms with Crippen molar-refractivity contribution in [2.75, 3.05) is 20.3 Å². The van der Waals surface area contributed by atoms with Crippen LogP contribution in [-0.2, 0) is 0 Å². The number of methoxy groups -OCH3 is 1. The third-order valence-electron chi connectivity index (χ3n) is 2.83. The Bertz CT molecular complexity index is 600. The zero-order chi connectivity index (χ0) is 15.1. The van der Waals surface area contributed by atoms with Crippen molar-refractivity contribution < 1.29 is 14.2 Å². The van der Waals surface area contributed by atoms with Gasteiger partial charge >= 0.3 is 0 Å². The molecule has 0 amide bonds. The van der Waals surface area contributed by atoms with E-state index in [1.165, 1.54) is 0 Å². The fraction of sp³-hybridized carbons (Fsp3) is 0.188. The van der Waals surface area contributed by atoms with Crippen molar-refractivity contribution in [3.05, 3.63) is 54.1 Å². The number of rotatable bonds is 7. The third kappa shape index (κ3) is 4.14. The maximum atomic E-state index is 7.40. The second kappa shape index (κ2) is 7.19. The number of amidine groups is 1. The molecular formula is C16H18N2O3. The predicted molar refractivity (Wildman–Crippen MR) is 81.4 cm³/mol. The number of nitrogen functional groups attached to an aromatic ring is 1. The highest BCUT2D eigenvalue weighted by Gasteiger charge is 2.07. The summed E-state index contributed by atoms with van der Waals surface area (Å²) in [6, 6.07) is 14.7. The van der Waals surface area contributed by atoms with E-state index in [2.05, 4.69) is 0 Å². The van der Waals surface area contributed by atoms with Crippen LogP contribution < -0.4 is 19.9 Å². The van der Waals surface area contributed by atoms with Gasteiger partial charge in [0.1, 0.15) is 24.8 Å². The molecule has 0 spiro atoms. The largest absolute Gasteiger partial charge is 0.493 e. The monoisotopic (exact) mass is 286 g/mol. The number of hydrogen-bond donors (Lipinski definition) is 2. The summed E-state index contributed by atoms with van der Waals surface area (Å²) in [5, 5.41) is 7.40. The minimum absolute atomic E-state index is 0.00717. The highest BCUT2D eigenvalue weighted by molar-refractivity contribution is 5.95. The van der Waals surface area contributed by atoms with E-state index in [9.17, 15) is 0 Å². The van der Waals surface area contributed by atoms with Crippen LogP contribution in [0.15, 0.2) is 48.5 Å². The first-order valence-corrected chi connectivity index (χ1v) is 6.54. The number of benzene rings is 2. The Morgan fingerprint density at radius 3 is 2.38 bits per heavy atom. The first-order chi connectivity index (χ1) is 10.2. The zero-order valence-corrected chi connectivity index (χ0v) is 11.8. The molecule has 0 saturated carbocycles. The van der Waals surface area contributed by atoms with Gasteiger partial charge in [0.25, 0.3) is 0 Å². The molecule has 0 saturated heterocycles. The van der Waals surface area contributed by atoms with Gasteiger partial charge in [0.15, 0.2) is 11.5 Å². The molecule has 0 unspecified atom stereocenters. The van der Waals surface area contributed by atoms with Crippen LogP contribution in [0.1, 0.15) is 5.56 Å². The van der Waals surface area contributed by atoms with Gasteiger partial charge in [-0.15, -0.1) is 0 Å². The Morgan fingerprint density at radius 1 is 1.00 bits per heavy atom. The number of para-hydroxylation sites is 1. The molecule has 0 aliphatic carbocycles. The quantitative estimate of drug-likeness (QED) is 0.465. The molecule has 2 aromatic rings. The molecule has 5 heteroatoms. The number of nitrogens with one attached hydrogen (secondary N) is 1. The number of hydrogen-bond acceptors (Lipinski definition) is 4.